The normalized spacial score (nSPS) is 13.6. The van der Waals surface area contributed by atoms with Crippen LogP contribution < -0.4 is 32.5 Å². The monoisotopic (exact) mass is 488 g/mol. The van der Waals surface area contributed by atoms with Crippen molar-refractivity contribution in [3.05, 3.63) is 64.1 Å². The standard InChI is InChI=1S/C24H28N10O2/c1-33-24(35)20-17(27-16-8-4-6-14(21(16)36-3)22(25)31-34(2)26)12-19(30-23(20)32-33)29-18-9-5-7-15(28-18)13-10-11-13/h4-9,12-13H,10-11,26H2,1-3H3,(H2,25,31)(H3,27,28,29,30,32). The quantitative estimate of drug-likeness (QED) is 0.108. The van der Waals surface area contributed by atoms with Gasteiger partial charge in [0, 0.05) is 31.8 Å². The highest BCUT2D eigenvalue weighted by molar-refractivity contribution is 6.02. The van der Waals surface area contributed by atoms with Crippen molar-refractivity contribution in [1.29, 1.82) is 0 Å². The number of hydrazone groups is 1. The van der Waals surface area contributed by atoms with Crippen LogP contribution in [-0.2, 0) is 7.05 Å². The van der Waals surface area contributed by atoms with Crippen LogP contribution in [0.2, 0.25) is 0 Å². The number of amidine groups is 1. The Labute approximate surface area is 206 Å². The molecular formula is C24H28N10O2. The lowest BCUT2D eigenvalue weighted by molar-refractivity contribution is 0.371. The predicted octanol–water partition coefficient (Wildman–Crippen LogP) is 2.46. The summed E-state index contributed by atoms with van der Waals surface area (Å²) in [5.41, 5.74) is 9.07. The minimum atomic E-state index is -0.221. The first-order valence-electron chi connectivity index (χ1n) is 11.4. The molecule has 5 rings (SSSR count). The molecule has 12 nitrogen and oxygen atoms in total. The van der Waals surface area contributed by atoms with Gasteiger partial charge < -0.3 is 21.1 Å². The van der Waals surface area contributed by atoms with E-state index in [2.05, 4.69) is 25.8 Å². The summed E-state index contributed by atoms with van der Waals surface area (Å²) >= 11 is 0. The minimum absolute atomic E-state index is 0.182. The summed E-state index contributed by atoms with van der Waals surface area (Å²) in [7, 11) is 4.75. The van der Waals surface area contributed by atoms with E-state index in [9.17, 15) is 4.79 Å². The number of para-hydroxylation sites is 1. The summed E-state index contributed by atoms with van der Waals surface area (Å²) < 4.78 is 7.03. The molecule has 1 fully saturated rings. The molecule has 186 valence electrons. The third-order valence-electron chi connectivity index (χ3n) is 5.86. The summed E-state index contributed by atoms with van der Waals surface area (Å²) in [4.78, 5) is 22.2. The maximum Gasteiger partial charge on any atom is 0.277 e. The van der Waals surface area contributed by atoms with E-state index >= 15 is 0 Å². The maximum atomic E-state index is 12.9. The van der Waals surface area contributed by atoms with Gasteiger partial charge in [-0.05, 0) is 37.1 Å². The van der Waals surface area contributed by atoms with Crippen molar-refractivity contribution in [2.24, 2.45) is 23.7 Å². The van der Waals surface area contributed by atoms with Gasteiger partial charge in [0.2, 0.25) is 0 Å². The molecular weight excluding hydrogens is 460 g/mol. The lowest BCUT2D eigenvalue weighted by atomic mass is 10.1. The second-order valence-electron chi connectivity index (χ2n) is 8.67. The van der Waals surface area contributed by atoms with Crippen LogP contribution in [0.5, 0.6) is 5.75 Å². The van der Waals surface area contributed by atoms with Gasteiger partial charge in [0.25, 0.3) is 5.56 Å². The number of aromatic amines is 1. The highest BCUT2D eigenvalue weighted by Gasteiger charge is 2.25. The van der Waals surface area contributed by atoms with Crippen molar-refractivity contribution in [2.75, 3.05) is 24.8 Å². The third-order valence-corrected chi connectivity index (χ3v) is 5.86. The molecule has 0 spiro atoms. The number of aryl methyl sites for hydroxylation is 1. The number of nitrogens with two attached hydrogens (primary N) is 2. The van der Waals surface area contributed by atoms with E-state index in [0.29, 0.717) is 51.3 Å². The number of hydrogen-bond acceptors (Lipinski definition) is 9. The van der Waals surface area contributed by atoms with E-state index in [0.717, 1.165) is 23.7 Å². The van der Waals surface area contributed by atoms with Crippen molar-refractivity contribution in [3.8, 4) is 5.75 Å². The van der Waals surface area contributed by atoms with Gasteiger partial charge in [0.15, 0.2) is 17.2 Å². The van der Waals surface area contributed by atoms with Crippen molar-refractivity contribution >= 4 is 39.9 Å². The van der Waals surface area contributed by atoms with Crippen LogP contribution in [0, 0.1) is 0 Å². The highest BCUT2D eigenvalue weighted by Crippen LogP contribution is 2.39. The van der Waals surface area contributed by atoms with Crippen LogP contribution in [0.4, 0.5) is 23.0 Å². The minimum Gasteiger partial charge on any atom is -0.494 e. The van der Waals surface area contributed by atoms with Crippen LogP contribution in [0.1, 0.15) is 30.0 Å². The van der Waals surface area contributed by atoms with Crippen LogP contribution in [0.15, 0.2) is 52.4 Å². The number of methoxy groups -OCH3 is 1. The van der Waals surface area contributed by atoms with E-state index in [-0.39, 0.29) is 11.4 Å². The molecule has 0 aliphatic heterocycles. The number of aromatic nitrogens is 4. The van der Waals surface area contributed by atoms with Gasteiger partial charge in [0.05, 0.1) is 24.0 Å². The fraction of sp³-hybridized carbons (Fsp3) is 0.250. The molecule has 0 saturated heterocycles. The molecule has 36 heavy (non-hydrogen) atoms. The molecule has 0 atom stereocenters. The Hall–Kier alpha value is -4.58. The van der Waals surface area contributed by atoms with Gasteiger partial charge in [-0.2, -0.15) is 0 Å². The summed E-state index contributed by atoms with van der Waals surface area (Å²) in [5, 5.41) is 15.2. The molecule has 3 aromatic heterocycles. The molecule has 7 N–H and O–H groups in total. The van der Waals surface area contributed by atoms with E-state index in [1.54, 1.807) is 32.3 Å². The second-order valence-corrected chi connectivity index (χ2v) is 8.67. The summed E-state index contributed by atoms with van der Waals surface area (Å²) in [5.74, 6) is 7.99. The average Bonchev–Trinajstić information content (AvgIpc) is 3.65. The van der Waals surface area contributed by atoms with Gasteiger partial charge in [-0.15, -0.1) is 5.10 Å². The molecule has 1 saturated carbocycles. The number of fused-ring (bicyclic) bond motifs is 1. The molecule has 0 radical (unpaired) electrons. The second kappa shape index (κ2) is 9.23. The Balaban J connectivity index is 1.57. The SMILES string of the molecule is COc1c(Nc2cc(Nc3cccc(C4CC4)n3)nc3[nH]n(C)c(=O)c23)cccc1/C(N)=N/N(C)N. The summed E-state index contributed by atoms with van der Waals surface area (Å²) in [6.07, 6.45) is 2.33. The van der Waals surface area contributed by atoms with E-state index in [1.165, 1.54) is 11.8 Å². The number of hydrazine groups is 1. The Morgan fingerprint density at radius 3 is 2.67 bits per heavy atom. The molecule has 1 aliphatic rings. The van der Waals surface area contributed by atoms with Crippen LogP contribution in [-0.4, -0.2) is 44.9 Å². The number of nitrogens with one attached hydrogen (secondary N) is 3. The lowest BCUT2D eigenvalue weighted by Crippen LogP contribution is -2.26. The number of pyridine rings is 2. The van der Waals surface area contributed by atoms with E-state index in [4.69, 9.17) is 21.3 Å². The average molecular weight is 489 g/mol. The molecule has 0 unspecified atom stereocenters. The number of hydrogen-bond donors (Lipinski definition) is 5. The molecule has 3 heterocycles. The third kappa shape index (κ3) is 4.53. The fourth-order valence-corrected chi connectivity index (χ4v) is 4.07. The first-order chi connectivity index (χ1) is 17.3. The van der Waals surface area contributed by atoms with Crippen LogP contribution in [0.3, 0.4) is 0 Å². The summed E-state index contributed by atoms with van der Waals surface area (Å²) in [6, 6.07) is 13.1. The Bertz CT molecular complexity index is 1520. The van der Waals surface area contributed by atoms with Crippen molar-refractivity contribution in [1.82, 2.24) is 24.9 Å². The highest BCUT2D eigenvalue weighted by atomic mass is 16.5. The zero-order valence-electron chi connectivity index (χ0n) is 20.2. The molecule has 1 aromatic carbocycles. The van der Waals surface area contributed by atoms with Crippen molar-refractivity contribution in [2.45, 2.75) is 18.8 Å². The van der Waals surface area contributed by atoms with Gasteiger partial charge in [-0.1, -0.05) is 12.1 Å². The lowest BCUT2D eigenvalue weighted by Gasteiger charge is -2.16. The van der Waals surface area contributed by atoms with Gasteiger partial charge in [0.1, 0.15) is 17.0 Å². The maximum absolute atomic E-state index is 12.9. The van der Waals surface area contributed by atoms with Crippen molar-refractivity contribution < 1.29 is 4.74 Å². The number of ether oxygens (including phenoxy) is 1. The van der Waals surface area contributed by atoms with Crippen molar-refractivity contribution in [3.63, 3.8) is 0 Å². The van der Waals surface area contributed by atoms with Crippen LogP contribution in [0.25, 0.3) is 11.0 Å². The number of rotatable bonds is 8. The number of nitrogens with zero attached hydrogens (tertiary/aromatic N) is 5. The van der Waals surface area contributed by atoms with Crippen LogP contribution >= 0.6 is 0 Å². The largest absolute Gasteiger partial charge is 0.494 e. The Morgan fingerprint density at radius 2 is 1.94 bits per heavy atom. The van der Waals surface area contributed by atoms with E-state index in [1.807, 2.05) is 24.3 Å². The molecule has 0 bridgehead atoms. The molecule has 4 aromatic rings. The van der Waals surface area contributed by atoms with Gasteiger partial charge in [-0.25, -0.2) is 20.9 Å². The molecule has 1 aliphatic carbocycles. The first kappa shape index (κ1) is 23.2. The number of anilines is 4. The fourth-order valence-electron chi connectivity index (χ4n) is 4.07. The van der Waals surface area contributed by atoms with Gasteiger partial charge in [-0.3, -0.25) is 14.6 Å². The van der Waals surface area contributed by atoms with Gasteiger partial charge >= 0.3 is 0 Å². The predicted molar refractivity (Wildman–Crippen MR) is 140 cm³/mol. The molecule has 12 heteroatoms. The zero-order valence-corrected chi connectivity index (χ0v) is 20.2. The summed E-state index contributed by atoms with van der Waals surface area (Å²) in [6.45, 7) is 0. The topological polar surface area (TPSA) is 164 Å². The van der Waals surface area contributed by atoms with E-state index < -0.39 is 0 Å². The zero-order chi connectivity index (χ0) is 25.4. The Morgan fingerprint density at radius 1 is 1.17 bits per heavy atom. The molecule has 0 amide bonds. The first-order valence-corrected chi connectivity index (χ1v) is 11.4. The Kier molecular flexibility index (Phi) is 5.94. The number of benzene rings is 1. The smallest absolute Gasteiger partial charge is 0.277 e. The number of H-pyrrole nitrogens is 1.